The van der Waals surface area contributed by atoms with Crippen LogP contribution in [0, 0.1) is 5.92 Å². The van der Waals surface area contributed by atoms with Gasteiger partial charge in [0.25, 0.3) is 5.91 Å². The normalized spacial score (nSPS) is 30.6. The number of piperidine rings is 3. The zero-order valence-corrected chi connectivity index (χ0v) is 16.6. The van der Waals surface area contributed by atoms with Crippen LogP contribution in [0.25, 0.3) is 10.1 Å². The molecule has 142 valence electrons. The summed E-state index contributed by atoms with van der Waals surface area (Å²) < 4.78 is 6.89. The lowest BCUT2D eigenvalue weighted by molar-refractivity contribution is -0.00138. The van der Waals surface area contributed by atoms with E-state index in [1.54, 1.807) is 18.4 Å². The molecule has 1 spiro atoms. The molecule has 1 atom stereocenters. The Morgan fingerprint density at radius 1 is 1.22 bits per heavy atom. The van der Waals surface area contributed by atoms with Crippen LogP contribution in [0.3, 0.4) is 0 Å². The molecule has 4 nitrogen and oxygen atoms in total. The van der Waals surface area contributed by atoms with Crippen molar-refractivity contribution in [3.05, 3.63) is 28.6 Å². The van der Waals surface area contributed by atoms with Gasteiger partial charge >= 0.3 is 0 Å². The van der Waals surface area contributed by atoms with E-state index >= 15 is 0 Å². The number of fused-ring (bicyclic) bond motifs is 3. The van der Waals surface area contributed by atoms with Crippen LogP contribution in [0.4, 0.5) is 0 Å². The summed E-state index contributed by atoms with van der Waals surface area (Å²) in [5.74, 6) is 2.40. The Kier molecular flexibility index (Phi) is 3.46. The maximum absolute atomic E-state index is 13.1. The largest absolute Gasteiger partial charge is 0.495 e. The summed E-state index contributed by atoms with van der Waals surface area (Å²) in [6, 6.07) is 6.74. The van der Waals surface area contributed by atoms with E-state index in [1.165, 1.54) is 57.2 Å². The van der Waals surface area contributed by atoms with Crippen molar-refractivity contribution in [2.45, 2.75) is 56.0 Å². The van der Waals surface area contributed by atoms with E-state index in [1.807, 2.05) is 0 Å². The summed E-state index contributed by atoms with van der Waals surface area (Å²) in [6.45, 7) is 2.45. The zero-order chi connectivity index (χ0) is 18.2. The number of benzene rings is 1. The first-order chi connectivity index (χ1) is 13.2. The van der Waals surface area contributed by atoms with E-state index < -0.39 is 0 Å². The highest BCUT2D eigenvalue weighted by Crippen LogP contribution is 2.54. The summed E-state index contributed by atoms with van der Waals surface area (Å²) in [5, 5.41) is 4.58. The Morgan fingerprint density at radius 2 is 2.00 bits per heavy atom. The van der Waals surface area contributed by atoms with E-state index in [0.717, 1.165) is 20.7 Å². The maximum atomic E-state index is 13.1. The second kappa shape index (κ2) is 5.71. The van der Waals surface area contributed by atoms with Gasteiger partial charge in [0.15, 0.2) is 0 Å². The summed E-state index contributed by atoms with van der Waals surface area (Å²) in [4.78, 5) is 16.6. The van der Waals surface area contributed by atoms with Gasteiger partial charge in [-0.2, -0.15) is 0 Å². The lowest BCUT2D eigenvalue weighted by atomic mass is 9.77. The molecular formula is C22H26N2O2S. The molecule has 7 rings (SSSR count). The number of thiophene rings is 1. The average Bonchev–Trinajstić information content (AvgIpc) is 3.62. The van der Waals surface area contributed by atoms with Crippen molar-refractivity contribution in [3.8, 4) is 5.75 Å². The highest BCUT2D eigenvalue weighted by molar-refractivity contribution is 7.21. The van der Waals surface area contributed by atoms with Crippen LogP contribution in [0.15, 0.2) is 18.2 Å². The summed E-state index contributed by atoms with van der Waals surface area (Å²) in [7, 11) is 1.75. The molecule has 1 N–H and O–H groups in total. The van der Waals surface area contributed by atoms with E-state index in [0.29, 0.717) is 17.9 Å². The van der Waals surface area contributed by atoms with Gasteiger partial charge in [0, 0.05) is 5.54 Å². The molecule has 2 bridgehead atoms. The summed E-state index contributed by atoms with van der Waals surface area (Å²) >= 11 is 1.59. The number of methoxy groups -OCH3 is 1. The third kappa shape index (κ3) is 2.40. The van der Waals surface area contributed by atoms with Gasteiger partial charge in [-0.1, -0.05) is 12.1 Å². The molecule has 2 saturated carbocycles. The molecule has 1 aromatic carbocycles. The molecule has 1 amide bonds. The Labute approximate surface area is 163 Å². The highest BCUT2D eigenvalue weighted by atomic mass is 32.1. The quantitative estimate of drug-likeness (QED) is 0.864. The predicted molar refractivity (Wildman–Crippen MR) is 108 cm³/mol. The van der Waals surface area contributed by atoms with Crippen molar-refractivity contribution < 1.29 is 9.53 Å². The van der Waals surface area contributed by atoms with Crippen molar-refractivity contribution in [1.29, 1.82) is 0 Å². The fraction of sp³-hybridized carbons (Fsp3) is 0.591. The monoisotopic (exact) mass is 382 g/mol. The van der Waals surface area contributed by atoms with Crippen molar-refractivity contribution >= 4 is 27.3 Å². The van der Waals surface area contributed by atoms with Gasteiger partial charge in [-0.15, -0.1) is 11.3 Å². The lowest BCUT2D eigenvalue weighted by Gasteiger charge is -2.52. The van der Waals surface area contributed by atoms with Crippen LogP contribution in [0.2, 0.25) is 0 Å². The number of rotatable bonds is 4. The van der Waals surface area contributed by atoms with Crippen molar-refractivity contribution in [3.63, 3.8) is 0 Å². The van der Waals surface area contributed by atoms with Gasteiger partial charge in [0.05, 0.1) is 22.7 Å². The van der Waals surface area contributed by atoms with Crippen LogP contribution < -0.4 is 10.1 Å². The van der Waals surface area contributed by atoms with Crippen LogP contribution in [0.1, 0.15) is 59.7 Å². The highest BCUT2D eigenvalue weighted by Gasteiger charge is 2.60. The SMILES string of the molecule is COc1c(C2CC2)ccc2cc(C(=O)N[C@H]3C4CCN(CC4)C34CC4)sc12. The molecule has 0 unspecified atom stereocenters. The molecule has 3 saturated heterocycles. The minimum atomic E-state index is 0.108. The third-order valence-electron chi connectivity index (χ3n) is 7.39. The van der Waals surface area contributed by atoms with Crippen LogP contribution in [-0.4, -0.2) is 42.6 Å². The van der Waals surface area contributed by atoms with E-state index in [-0.39, 0.29) is 11.4 Å². The smallest absolute Gasteiger partial charge is 0.261 e. The van der Waals surface area contributed by atoms with E-state index in [4.69, 9.17) is 4.74 Å². The van der Waals surface area contributed by atoms with Crippen LogP contribution in [0.5, 0.6) is 5.75 Å². The van der Waals surface area contributed by atoms with Crippen molar-refractivity contribution in [2.75, 3.05) is 20.2 Å². The minimum Gasteiger partial charge on any atom is -0.495 e. The standard InChI is InChI=1S/C22H26N2O2S/c1-26-18-16(13-2-3-13)5-4-15-12-17(27-19(15)18)21(25)23-20-14-6-10-24(11-7-14)22(20)8-9-22/h4-5,12-14,20H,2-3,6-11H2,1H3,(H,23,25)/t20-/m0/s1. The molecular weight excluding hydrogens is 356 g/mol. The van der Waals surface area contributed by atoms with Gasteiger partial charge in [0.1, 0.15) is 5.75 Å². The molecule has 5 aliphatic rings. The number of carbonyl (C=O) groups is 1. The van der Waals surface area contributed by atoms with Gasteiger partial charge in [0.2, 0.25) is 0 Å². The molecule has 2 aromatic rings. The molecule has 3 aliphatic heterocycles. The van der Waals surface area contributed by atoms with Gasteiger partial charge in [-0.3, -0.25) is 9.69 Å². The summed E-state index contributed by atoms with van der Waals surface area (Å²) in [5.41, 5.74) is 1.60. The Hall–Kier alpha value is -1.59. The molecule has 0 radical (unpaired) electrons. The molecule has 1 aromatic heterocycles. The number of carbonyl (C=O) groups excluding carboxylic acids is 1. The number of hydrogen-bond donors (Lipinski definition) is 1. The third-order valence-corrected chi connectivity index (χ3v) is 8.53. The first-order valence-electron chi connectivity index (χ1n) is 10.4. The Balaban J connectivity index is 1.31. The van der Waals surface area contributed by atoms with Crippen molar-refractivity contribution in [1.82, 2.24) is 10.2 Å². The number of nitrogens with zero attached hydrogens (tertiary/aromatic N) is 1. The fourth-order valence-corrected chi connectivity index (χ4v) is 6.76. The molecule has 27 heavy (non-hydrogen) atoms. The maximum Gasteiger partial charge on any atom is 0.261 e. The number of amides is 1. The number of ether oxygens (including phenoxy) is 1. The van der Waals surface area contributed by atoms with Gasteiger partial charge in [-0.25, -0.2) is 0 Å². The predicted octanol–water partition coefficient (Wildman–Crippen LogP) is 4.14. The molecule has 4 heterocycles. The topological polar surface area (TPSA) is 41.6 Å². The average molecular weight is 383 g/mol. The second-order valence-electron chi connectivity index (χ2n) is 8.87. The van der Waals surface area contributed by atoms with E-state index in [9.17, 15) is 4.79 Å². The first-order valence-corrected chi connectivity index (χ1v) is 11.2. The van der Waals surface area contributed by atoms with E-state index in [2.05, 4.69) is 28.4 Å². The molecule has 5 fully saturated rings. The first kappa shape index (κ1) is 16.4. The van der Waals surface area contributed by atoms with Gasteiger partial charge in [-0.05, 0) is 80.5 Å². The summed E-state index contributed by atoms with van der Waals surface area (Å²) in [6.07, 6.45) is 7.47. The minimum absolute atomic E-state index is 0.108. The zero-order valence-electron chi connectivity index (χ0n) is 15.8. The van der Waals surface area contributed by atoms with Crippen molar-refractivity contribution in [2.24, 2.45) is 5.92 Å². The van der Waals surface area contributed by atoms with Crippen LogP contribution in [-0.2, 0) is 0 Å². The second-order valence-corrected chi connectivity index (χ2v) is 9.92. The molecule has 2 aliphatic carbocycles. The van der Waals surface area contributed by atoms with Crippen LogP contribution >= 0.6 is 11.3 Å². The lowest BCUT2D eigenvalue weighted by Crippen LogP contribution is -2.65. The molecule has 5 heteroatoms. The fourth-order valence-electron chi connectivity index (χ4n) is 5.66. The Bertz CT molecular complexity index is 920. The van der Waals surface area contributed by atoms with Gasteiger partial charge < -0.3 is 10.1 Å². The Morgan fingerprint density at radius 3 is 2.67 bits per heavy atom. The number of hydrogen-bond acceptors (Lipinski definition) is 4. The number of nitrogens with one attached hydrogen (secondary N) is 1.